The Morgan fingerprint density at radius 1 is 1.33 bits per heavy atom. The molecule has 1 amide bonds. The number of carbonyl (C=O) groups excluding carboxylic acids is 1. The van der Waals surface area contributed by atoms with Crippen molar-refractivity contribution in [3.63, 3.8) is 0 Å². The SMILES string of the molecule is Cc1oc(CNC(=O)c2ccc(Cl)cc2F)cc1C(=O)O. The number of carbonyl (C=O) groups is 2. The number of furan rings is 1. The number of aromatic carboxylic acids is 1. The first-order chi connectivity index (χ1) is 9.88. The van der Waals surface area contributed by atoms with Crippen molar-refractivity contribution >= 4 is 23.5 Å². The van der Waals surface area contributed by atoms with E-state index in [4.69, 9.17) is 21.1 Å². The number of nitrogens with one attached hydrogen (secondary N) is 1. The van der Waals surface area contributed by atoms with E-state index in [0.717, 1.165) is 6.07 Å². The number of carboxylic acid groups (broad SMARTS) is 1. The standard InChI is InChI=1S/C14H11ClFNO4/c1-7-11(14(19)20)5-9(21-7)6-17-13(18)10-3-2-8(15)4-12(10)16/h2-5H,6H2,1H3,(H,17,18)(H,19,20). The minimum absolute atomic E-state index is 0.0249. The third-order valence-electron chi connectivity index (χ3n) is 2.80. The van der Waals surface area contributed by atoms with E-state index in [1.165, 1.54) is 25.1 Å². The number of halogens is 2. The fourth-order valence-electron chi connectivity index (χ4n) is 1.78. The van der Waals surface area contributed by atoms with Gasteiger partial charge in [-0.3, -0.25) is 4.79 Å². The molecule has 1 aromatic heterocycles. The van der Waals surface area contributed by atoms with E-state index >= 15 is 0 Å². The third-order valence-corrected chi connectivity index (χ3v) is 3.03. The van der Waals surface area contributed by atoms with Crippen LogP contribution in [0.3, 0.4) is 0 Å². The highest BCUT2D eigenvalue weighted by atomic mass is 35.5. The molecule has 1 heterocycles. The van der Waals surface area contributed by atoms with Gasteiger partial charge in [0, 0.05) is 5.02 Å². The number of aryl methyl sites for hydroxylation is 1. The Morgan fingerprint density at radius 3 is 2.62 bits per heavy atom. The van der Waals surface area contributed by atoms with Gasteiger partial charge in [0.05, 0.1) is 12.1 Å². The summed E-state index contributed by atoms with van der Waals surface area (Å²) in [7, 11) is 0. The molecule has 2 aromatic rings. The van der Waals surface area contributed by atoms with E-state index < -0.39 is 17.7 Å². The van der Waals surface area contributed by atoms with E-state index in [-0.39, 0.29) is 34.2 Å². The topological polar surface area (TPSA) is 79.5 Å². The molecule has 2 rings (SSSR count). The Balaban J connectivity index is 2.07. The number of rotatable bonds is 4. The fourth-order valence-corrected chi connectivity index (χ4v) is 1.94. The van der Waals surface area contributed by atoms with Crippen LogP contribution in [-0.2, 0) is 6.54 Å². The van der Waals surface area contributed by atoms with Crippen molar-refractivity contribution < 1.29 is 23.5 Å². The van der Waals surface area contributed by atoms with E-state index in [0.29, 0.717) is 0 Å². The van der Waals surface area contributed by atoms with Gasteiger partial charge >= 0.3 is 5.97 Å². The highest BCUT2D eigenvalue weighted by molar-refractivity contribution is 6.30. The molecule has 0 atom stereocenters. The maximum atomic E-state index is 13.6. The van der Waals surface area contributed by atoms with E-state index in [9.17, 15) is 14.0 Å². The molecule has 21 heavy (non-hydrogen) atoms. The Labute approximate surface area is 124 Å². The molecule has 0 bridgehead atoms. The lowest BCUT2D eigenvalue weighted by Crippen LogP contribution is -2.23. The molecular weight excluding hydrogens is 301 g/mol. The summed E-state index contributed by atoms with van der Waals surface area (Å²) in [5.41, 5.74) is -0.127. The summed E-state index contributed by atoms with van der Waals surface area (Å²) in [6.07, 6.45) is 0. The van der Waals surface area contributed by atoms with Gasteiger partial charge in [-0.25, -0.2) is 9.18 Å². The van der Waals surface area contributed by atoms with Crippen LogP contribution in [0.4, 0.5) is 4.39 Å². The number of hydrogen-bond acceptors (Lipinski definition) is 3. The van der Waals surface area contributed by atoms with Crippen LogP contribution in [0.1, 0.15) is 32.2 Å². The van der Waals surface area contributed by atoms with Crippen LogP contribution in [0.2, 0.25) is 5.02 Å². The van der Waals surface area contributed by atoms with Crippen molar-refractivity contribution in [1.82, 2.24) is 5.32 Å². The first kappa shape index (κ1) is 15.1. The van der Waals surface area contributed by atoms with Gasteiger partial charge in [0.25, 0.3) is 5.91 Å². The maximum Gasteiger partial charge on any atom is 0.339 e. The Morgan fingerprint density at radius 2 is 2.05 bits per heavy atom. The number of benzene rings is 1. The van der Waals surface area contributed by atoms with Crippen LogP contribution in [0.25, 0.3) is 0 Å². The Kier molecular flexibility index (Phi) is 4.28. The van der Waals surface area contributed by atoms with E-state index in [2.05, 4.69) is 5.32 Å². The Bertz CT molecular complexity index is 711. The molecule has 7 heteroatoms. The number of hydrogen-bond donors (Lipinski definition) is 2. The largest absolute Gasteiger partial charge is 0.478 e. The predicted octanol–water partition coefficient (Wildman–Crippen LogP) is 3.01. The molecule has 0 fully saturated rings. The lowest BCUT2D eigenvalue weighted by Gasteiger charge is -2.04. The van der Waals surface area contributed by atoms with Crippen LogP contribution < -0.4 is 5.32 Å². The van der Waals surface area contributed by atoms with Crippen molar-refractivity contribution in [2.45, 2.75) is 13.5 Å². The predicted molar refractivity (Wildman–Crippen MR) is 73.0 cm³/mol. The molecule has 0 aliphatic carbocycles. The van der Waals surface area contributed by atoms with Crippen molar-refractivity contribution in [3.05, 3.63) is 57.8 Å². The molecular formula is C14H11ClFNO4. The smallest absolute Gasteiger partial charge is 0.339 e. The van der Waals surface area contributed by atoms with Gasteiger partial charge in [-0.15, -0.1) is 0 Å². The van der Waals surface area contributed by atoms with Crippen LogP contribution in [0, 0.1) is 12.7 Å². The summed E-state index contributed by atoms with van der Waals surface area (Å²) in [5, 5.41) is 11.5. The monoisotopic (exact) mass is 311 g/mol. The molecule has 2 N–H and O–H groups in total. The first-order valence-corrected chi connectivity index (χ1v) is 6.32. The Hall–Kier alpha value is -2.34. The van der Waals surface area contributed by atoms with Crippen molar-refractivity contribution in [2.75, 3.05) is 0 Å². The van der Waals surface area contributed by atoms with Crippen molar-refractivity contribution in [1.29, 1.82) is 0 Å². The molecule has 0 saturated carbocycles. The summed E-state index contributed by atoms with van der Waals surface area (Å²) in [4.78, 5) is 22.7. The summed E-state index contributed by atoms with van der Waals surface area (Å²) in [6.45, 7) is 1.46. The van der Waals surface area contributed by atoms with Crippen molar-refractivity contribution in [2.24, 2.45) is 0 Å². The second kappa shape index (κ2) is 5.97. The lowest BCUT2D eigenvalue weighted by molar-refractivity contribution is 0.0694. The minimum Gasteiger partial charge on any atom is -0.478 e. The van der Waals surface area contributed by atoms with Crippen LogP contribution in [0.5, 0.6) is 0 Å². The van der Waals surface area contributed by atoms with Gasteiger partial charge in [-0.1, -0.05) is 11.6 Å². The first-order valence-electron chi connectivity index (χ1n) is 5.94. The fraction of sp³-hybridized carbons (Fsp3) is 0.143. The molecule has 0 spiro atoms. The zero-order chi connectivity index (χ0) is 15.6. The van der Waals surface area contributed by atoms with Crippen LogP contribution in [0.15, 0.2) is 28.7 Å². The highest BCUT2D eigenvalue weighted by Crippen LogP contribution is 2.16. The lowest BCUT2D eigenvalue weighted by atomic mass is 10.2. The van der Waals surface area contributed by atoms with Crippen LogP contribution in [-0.4, -0.2) is 17.0 Å². The average Bonchev–Trinajstić information content (AvgIpc) is 2.77. The molecule has 5 nitrogen and oxygen atoms in total. The molecule has 0 saturated heterocycles. The van der Waals surface area contributed by atoms with Gasteiger partial charge in [0.1, 0.15) is 22.9 Å². The minimum atomic E-state index is -1.11. The van der Waals surface area contributed by atoms with Gasteiger partial charge in [-0.05, 0) is 31.2 Å². The second-order valence-electron chi connectivity index (χ2n) is 4.29. The molecule has 0 radical (unpaired) electrons. The van der Waals surface area contributed by atoms with E-state index in [1.807, 2.05) is 0 Å². The summed E-state index contributed by atoms with van der Waals surface area (Å²) in [5.74, 6) is -1.98. The third kappa shape index (κ3) is 3.41. The quantitative estimate of drug-likeness (QED) is 0.909. The highest BCUT2D eigenvalue weighted by Gasteiger charge is 2.16. The molecule has 1 aromatic carbocycles. The number of carboxylic acids is 1. The summed E-state index contributed by atoms with van der Waals surface area (Å²) >= 11 is 5.60. The average molecular weight is 312 g/mol. The van der Waals surface area contributed by atoms with Gasteiger partial charge in [0.15, 0.2) is 0 Å². The molecule has 110 valence electrons. The molecule has 0 aliphatic heterocycles. The summed E-state index contributed by atoms with van der Waals surface area (Å²) in [6, 6.07) is 5.02. The van der Waals surface area contributed by atoms with Crippen LogP contribution >= 0.6 is 11.6 Å². The van der Waals surface area contributed by atoms with E-state index in [1.54, 1.807) is 0 Å². The molecule has 0 aliphatic rings. The molecule has 0 unspecified atom stereocenters. The van der Waals surface area contributed by atoms with Gasteiger partial charge in [0.2, 0.25) is 0 Å². The zero-order valence-electron chi connectivity index (χ0n) is 10.9. The second-order valence-corrected chi connectivity index (χ2v) is 4.73. The maximum absolute atomic E-state index is 13.6. The summed E-state index contributed by atoms with van der Waals surface area (Å²) < 4.78 is 18.8. The van der Waals surface area contributed by atoms with Gasteiger partial charge in [-0.2, -0.15) is 0 Å². The normalized spacial score (nSPS) is 10.4. The zero-order valence-corrected chi connectivity index (χ0v) is 11.7. The number of amides is 1. The van der Waals surface area contributed by atoms with Crippen molar-refractivity contribution in [3.8, 4) is 0 Å². The van der Waals surface area contributed by atoms with Gasteiger partial charge < -0.3 is 14.8 Å².